The van der Waals surface area contributed by atoms with E-state index in [0.29, 0.717) is 36.5 Å². The van der Waals surface area contributed by atoms with Crippen LogP contribution in [0.1, 0.15) is 102 Å². The molecule has 11 heteroatoms. The first-order valence-electron chi connectivity index (χ1n) is 16.8. The molecule has 0 radical (unpaired) electrons. The maximum absolute atomic E-state index is 13.8. The first kappa shape index (κ1) is 33.1. The number of phenols is 2. The Hall–Kier alpha value is -3.42. The van der Waals surface area contributed by atoms with Gasteiger partial charge in [0.05, 0.1) is 48.3 Å². The van der Waals surface area contributed by atoms with Crippen molar-refractivity contribution in [1.82, 2.24) is 0 Å². The molecule has 0 saturated carbocycles. The number of phenolic OH excluding ortho intramolecular Hbond substituents is 2. The Bertz CT molecular complexity index is 1740. The lowest BCUT2D eigenvalue weighted by Gasteiger charge is -2.43. The molecule has 4 aliphatic rings. The molecule has 3 heterocycles. The van der Waals surface area contributed by atoms with Crippen molar-refractivity contribution in [1.29, 1.82) is 0 Å². The third-order valence-electron chi connectivity index (χ3n) is 10.2. The Balaban J connectivity index is 1.03. The molecule has 4 N–H and O–H groups in total. The van der Waals surface area contributed by atoms with Gasteiger partial charge in [-0.25, -0.2) is 0 Å². The van der Waals surface area contributed by atoms with Crippen LogP contribution in [0.3, 0.4) is 0 Å². The number of ether oxygens (including phenoxy) is 5. The summed E-state index contributed by atoms with van der Waals surface area (Å²) >= 11 is 0. The standard InChI is InChI=1S/C37H42O11/c1-16-13-20-5-6-22-32(31(20)25(39)14-16)35(42)23-8-7-21(34(41)33(23)36(22)43)28-15-26(40)37(19(4)44-28)48-30-12-10-27(18(3)46-30)47-29-11-9-24(38)17(2)45-29/h5-8,13-14,17-19,24,26-30,37-41H,9-12,15H2,1-4H3. The number of hydrogen-bond acceptors (Lipinski definition) is 11. The lowest BCUT2D eigenvalue weighted by Crippen LogP contribution is -2.50. The summed E-state index contributed by atoms with van der Waals surface area (Å²) < 4.78 is 30.6. The third-order valence-corrected chi connectivity index (χ3v) is 10.2. The predicted octanol–water partition coefficient (Wildman–Crippen LogP) is 4.73. The zero-order valence-electron chi connectivity index (χ0n) is 27.4. The van der Waals surface area contributed by atoms with Crippen molar-refractivity contribution < 1.29 is 53.7 Å². The minimum Gasteiger partial charge on any atom is -0.507 e. The number of carbonyl (C=O) groups is 2. The fourth-order valence-corrected chi connectivity index (χ4v) is 7.65. The molecular weight excluding hydrogens is 620 g/mol. The van der Waals surface area contributed by atoms with E-state index in [4.69, 9.17) is 23.7 Å². The summed E-state index contributed by atoms with van der Waals surface area (Å²) in [5.41, 5.74) is 1.24. The summed E-state index contributed by atoms with van der Waals surface area (Å²) in [7, 11) is 0. The molecule has 7 rings (SSSR count). The number of aliphatic hydroxyl groups excluding tert-OH is 2. The monoisotopic (exact) mass is 662 g/mol. The van der Waals surface area contributed by atoms with E-state index in [1.165, 1.54) is 6.07 Å². The average molecular weight is 663 g/mol. The summed E-state index contributed by atoms with van der Waals surface area (Å²) in [6.45, 7) is 7.34. The number of aromatic hydroxyl groups is 2. The number of rotatable bonds is 5. The first-order chi connectivity index (χ1) is 22.9. The molecule has 0 aromatic heterocycles. The van der Waals surface area contributed by atoms with E-state index in [1.54, 1.807) is 31.2 Å². The van der Waals surface area contributed by atoms with Crippen molar-refractivity contribution in [2.75, 3.05) is 0 Å². The highest BCUT2D eigenvalue weighted by molar-refractivity contribution is 6.33. The molecule has 3 aromatic carbocycles. The van der Waals surface area contributed by atoms with Crippen LogP contribution in [0.25, 0.3) is 10.8 Å². The van der Waals surface area contributed by atoms with Gasteiger partial charge in [0.25, 0.3) is 0 Å². The van der Waals surface area contributed by atoms with Gasteiger partial charge in [-0.2, -0.15) is 0 Å². The largest absolute Gasteiger partial charge is 0.507 e. The van der Waals surface area contributed by atoms with Gasteiger partial charge >= 0.3 is 0 Å². The number of aliphatic hydroxyl groups is 2. The van der Waals surface area contributed by atoms with Crippen LogP contribution in [0.2, 0.25) is 0 Å². The van der Waals surface area contributed by atoms with Gasteiger partial charge in [-0.15, -0.1) is 0 Å². The van der Waals surface area contributed by atoms with Gasteiger partial charge in [0.1, 0.15) is 17.6 Å². The van der Waals surface area contributed by atoms with E-state index in [2.05, 4.69) is 0 Å². The van der Waals surface area contributed by atoms with Crippen LogP contribution >= 0.6 is 0 Å². The molecule has 0 bridgehead atoms. The smallest absolute Gasteiger partial charge is 0.198 e. The fourth-order valence-electron chi connectivity index (χ4n) is 7.65. The number of fused-ring (bicyclic) bond motifs is 4. The molecule has 11 nitrogen and oxygen atoms in total. The van der Waals surface area contributed by atoms with Crippen LogP contribution in [0, 0.1) is 6.92 Å². The zero-order chi connectivity index (χ0) is 34.0. The molecule has 10 atom stereocenters. The quantitative estimate of drug-likeness (QED) is 0.234. The first-order valence-corrected chi connectivity index (χ1v) is 16.8. The van der Waals surface area contributed by atoms with Gasteiger partial charge in [-0.3, -0.25) is 9.59 Å². The van der Waals surface area contributed by atoms with Crippen LogP contribution < -0.4 is 0 Å². The van der Waals surface area contributed by atoms with E-state index < -0.39 is 54.7 Å². The van der Waals surface area contributed by atoms with Crippen molar-refractivity contribution in [2.45, 2.75) is 121 Å². The number of carbonyl (C=O) groups excluding carboxylic acids is 2. The number of hydrogen-bond donors (Lipinski definition) is 4. The maximum atomic E-state index is 13.8. The van der Waals surface area contributed by atoms with Crippen molar-refractivity contribution in [3.8, 4) is 11.5 Å². The van der Waals surface area contributed by atoms with Crippen LogP contribution in [-0.4, -0.2) is 87.3 Å². The predicted molar refractivity (Wildman–Crippen MR) is 172 cm³/mol. The fraction of sp³-hybridized carbons (Fsp3) is 0.514. The van der Waals surface area contributed by atoms with Crippen molar-refractivity contribution in [2.24, 2.45) is 0 Å². The molecule has 3 fully saturated rings. The lowest BCUT2D eigenvalue weighted by atomic mass is 9.79. The highest BCUT2D eigenvalue weighted by Gasteiger charge is 2.43. The van der Waals surface area contributed by atoms with Gasteiger partial charge in [-0.1, -0.05) is 18.2 Å². The highest BCUT2D eigenvalue weighted by Crippen LogP contribution is 2.44. The molecule has 3 aromatic rings. The van der Waals surface area contributed by atoms with E-state index in [1.807, 2.05) is 26.8 Å². The van der Waals surface area contributed by atoms with Crippen molar-refractivity contribution in [3.63, 3.8) is 0 Å². The van der Waals surface area contributed by atoms with Gasteiger partial charge in [-0.05, 0) is 69.7 Å². The second-order valence-corrected chi connectivity index (χ2v) is 13.6. The Morgan fingerprint density at radius 1 is 0.729 bits per heavy atom. The SMILES string of the molecule is Cc1cc(O)c2c3c(ccc2c1)C(=O)c1c(ccc(C2CC(O)C(OC4CCC(OC5CCC(O)C(C)O5)C(C)O4)C(C)O2)c1O)C3=O. The zero-order valence-corrected chi connectivity index (χ0v) is 27.4. The maximum Gasteiger partial charge on any atom is 0.198 e. The molecule has 1 aliphatic carbocycles. The molecule has 3 saturated heterocycles. The molecule has 0 spiro atoms. The van der Waals surface area contributed by atoms with Crippen molar-refractivity contribution in [3.05, 3.63) is 69.8 Å². The summed E-state index contributed by atoms with van der Waals surface area (Å²) in [5, 5.41) is 44.3. The summed E-state index contributed by atoms with van der Waals surface area (Å²) in [4.78, 5) is 27.5. The van der Waals surface area contributed by atoms with Crippen molar-refractivity contribution >= 4 is 22.3 Å². The number of aryl methyl sites for hydroxylation is 1. The second kappa shape index (κ2) is 12.8. The van der Waals surface area contributed by atoms with Crippen LogP contribution in [0.4, 0.5) is 0 Å². The summed E-state index contributed by atoms with van der Waals surface area (Å²) in [6, 6.07) is 9.66. The number of ketones is 2. The molecule has 256 valence electrons. The molecule has 10 unspecified atom stereocenters. The molecule has 0 amide bonds. The van der Waals surface area contributed by atoms with E-state index >= 15 is 0 Å². The van der Waals surface area contributed by atoms with E-state index in [9.17, 15) is 30.0 Å². The Morgan fingerprint density at radius 3 is 2.12 bits per heavy atom. The van der Waals surface area contributed by atoms with Crippen LogP contribution in [0.15, 0.2) is 36.4 Å². The highest BCUT2D eigenvalue weighted by atomic mass is 16.7. The summed E-state index contributed by atoms with van der Waals surface area (Å²) in [6.07, 6.45) is -2.80. The van der Waals surface area contributed by atoms with E-state index in [-0.39, 0.29) is 64.0 Å². The number of benzene rings is 3. The normalized spacial score (nSPS) is 33.8. The average Bonchev–Trinajstić information content (AvgIpc) is 3.03. The van der Waals surface area contributed by atoms with Gasteiger partial charge in [0.15, 0.2) is 24.1 Å². The third kappa shape index (κ3) is 5.81. The van der Waals surface area contributed by atoms with Gasteiger partial charge in [0.2, 0.25) is 0 Å². The lowest BCUT2D eigenvalue weighted by molar-refractivity contribution is -0.303. The minimum absolute atomic E-state index is 0.0415. The topological polar surface area (TPSA) is 161 Å². The van der Waals surface area contributed by atoms with Crippen LogP contribution in [-0.2, 0) is 23.7 Å². The van der Waals surface area contributed by atoms with Gasteiger partial charge in [0, 0.05) is 46.9 Å². The summed E-state index contributed by atoms with van der Waals surface area (Å²) in [5.74, 6) is -1.45. The molecular formula is C37H42O11. The van der Waals surface area contributed by atoms with E-state index in [0.717, 1.165) is 5.56 Å². The second-order valence-electron chi connectivity index (χ2n) is 13.6. The minimum atomic E-state index is -0.971. The van der Waals surface area contributed by atoms with Gasteiger partial charge < -0.3 is 44.1 Å². The Kier molecular flexibility index (Phi) is 8.82. The Labute approximate surface area is 278 Å². The van der Waals surface area contributed by atoms with Crippen LogP contribution in [0.5, 0.6) is 11.5 Å². The molecule has 3 aliphatic heterocycles. The Morgan fingerprint density at radius 2 is 1.40 bits per heavy atom. The molecule has 48 heavy (non-hydrogen) atoms.